The summed E-state index contributed by atoms with van der Waals surface area (Å²) in [5.74, 6) is 0. The van der Waals surface area contributed by atoms with E-state index in [1.165, 1.54) is 32.7 Å². The van der Waals surface area contributed by atoms with Gasteiger partial charge in [-0.25, -0.2) is 0 Å². The summed E-state index contributed by atoms with van der Waals surface area (Å²) >= 11 is 0. The molecule has 0 radical (unpaired) electrons. The molecule has 0 atom stereocenters. The predicted molar refractivity (Wildman–Crippen MR) is 72.8 cm³/mol. The molecule has 2 aliphatic carbocycles. The normalized spacial score (nSPS) is 14.4. The lowest BCUT2D eigenvalue weighted by Gasteiger charge is -2.05. The van der Waals surface area contributed by atoms with Gasteiger partial charge in [0.15, 0.2) is 0 Å². The highest BCUT2D eigenvalue weighted by Gasteiger charge is 2.12. The quantitative estimate of drug-likeness (QED) is 0.542. The predicted octanol–water partition coefficient (Wildman–Crippen LogP) is 2.69. The Labute approximate surface area is 100 Å². The number of benzene rings is 2. The summed E-state index contributed by atoms with van der Waals surface area (Å²) in [4.78, 5) is 0. The van der Waals surface area contributed by atoms with Gasteiger partial charge in [-0.3, -0.25) is 0 Å². The lowest BCUT2D eigenvalue weighted by Crippen LogP contribution is -2.15. The average molecular weight is 216 g/mol. The lowest BCUT2D eigenvalue weighted by atomic mass is 9.99. The van der Waals surface area contributed by atoms with Crippen molar-refractivity contribution in [1.29, 1.82) is 0 Å². The third kappa shape index (κ3) is 1.24. The highest BCUT2D eigenvalue weighted by Crippen LogP contribution is 2.25. The Morgan fingerprint density at radius 2 is 1.76 bits per heavy atom. The van der Waals surface area contributed by atoms with E-state index in [9.17, 15) is 0 Å². The SMILES string of the molecule is C1=Cc2cc3c(cc2=CC1)-c1ccccc1C=3. The Morgan fingerprint density at radius 3 is 2.76 bits per heavy atom. The Kier molecular flexibility index (Phi) is 1.70. The van der Waals surface area contributed by atoms with Crippen LogP contribution in [-0.2, 0) is 0 Å². The maximum absolute atomic E-state index is 2.33. The fourth-order valence-corrected chi connectivity index (χ4v) is 2.75. The molecule has 0 N–H and O–H groups in total. The van der Waals surface area contributed by atoms with Crippen LogP contribution in [0.3, 0.4) is 0 Å². The third-order valence-corrected chi connectivity index (χ3v) is 3.59. The molecule has 0 amide bonds. The first-order chi connectivity index (χ1) is 8.42. The topological polar surface area (TPSA) is 0 Å². The zero-order valence-electron chi connectivity index (χ0n) is 9.48. The van der Waals surface area contributed by atoms with Crippen LogP contribution in [0.25, 0.3) is 29.4 Å². The zero-order valence-corrected chi connectivity index (χ0v) is 9.48. The Hall–Kier alpha value is -2.08. The summed E-state index contributed by atoms with van der Waals surface area (Å²) in [6.07, 6.45) is 10.1. The van der Waals surface area contributed by atoms with Crippen molar-refractivity contribution in [2.24, 2.45) is 0 Å². The van der Waals surface area contributed by atoms with Gasteiger partial charge in [0.2, 0.25) is 0 Å². The number of allylic oxidation sites excluding steroid dienone is 1. The largest absolute Gasteiger partial charge is 0.0801 e. The van der Waals surface area contributed by atoms with E-state index in [4.69, 9.17) is 0 Å². The number of rotatable bonds is 0. The van der Waals surface area contributed by atoms with Gasteiger partial charge in [-0.15, -0.1) is 0 Å². The van der Waals surface area contributed by atoms with Crippen molar-refractivity contribution >= 4 is 18.2 Å². The van der Waals surface area contributed by atoms with Crippen molar-refractivity contribution in [3.05, 3.63) is 64.0 Å². The second-order valence-electron chi connectivity index (χ2n) is 4.64. The molecular formula is C17H12. The minimum absolute atomic E-state index is 1.05. The van der Waals surface area contributed by atoms with Crippen LogP contribution in [0.4, 0.5) is 0 Å². The Balaban J connectivity index is 2.11. The molecule has 0 aliphatic heterocycles. The first-order valence-electron chi connectivity index (χ1n) is 6.04. The van der Waals surface area contributed by atoms with Crippen LogP contribution in [0.15, 0.2) is 42.5 Å². The van der Waals surface area contributed by atoms with E-state index in [0.717, 1.165) is 6.42 Å². The molecule has 0 nitrogen and oxygen atoms in total. The van der Waals surface area contributed by atoms with Gasteiger partial charge >= 0.3 is 0 Å². The smallest absolute Gasteiger partial charge is 0.00989 e. The molecule has 0 bridgehead atoms. The van der Waals surface area contributed by atoms with E-state index in [-0.39, 0.29) is 0 Å². The second kappa shape index (κ2) is 3.21. The Bertz CT molecular complexity index is 761. The number of hydrogen-bond donors (Lipinski definition) is 0. The molecule has 2 aromatic carbocycles. The standard InChI is InChI=1S/C17H12/c1-2-6-13-11-17-15(9-12(13)5-1)10-14-7-3-4-8-16(14)17/h1,3-11H,2H2. The van der Waals surface area contributed by atoms with Gasteiger partial charge in [0.25, 0.3) is 0 Å². The summed E-state index contributed by atoms with van der Waals surface area (Å²) in [6, 6.07) is 13.3. The third-order valence-electron chi connectivity index (χ3n) is 3.59. The highest BCUT2D eigenvalue weighted by atomic mass is 14.2. The molecule has 0 aromatic heterocycles. The van der Waals surface area contributed by atoms with Crippen molar-refractivity contribution in [2.75, 3.05) is 0 Å². The van der Waals surface area contributed by atoms with Crippen LogP contribution in [0, 0.1) is 0 Å². The average Bonchev–Trinajstić information content (AvgIpc) is 2.73. The van der Waals surface area contributed by atoms with Crippen LogP contribution in [0.5, 0.6) is 0 Å². The van der Waals surface area contributed by atoms with E-state index in [2.05, 4.69) is 60.7 Å². The Morgan fingerprint density at radius 1 is 0.824 bits per heavy atom. The first-order valence-corrected chi connectivity index (χ1v) is 6.04. The lowest BCUT2D eigenvalue weighted by molar-refractivity contribution is 1.40. The van der Waals surface area contributed by atoms with Gasteiger partial charge in [0, 0.05) is 0 Å². The molecule has 0 unspecified atom stereocenters. The van der Waals surface area contributed by atoms with Gasteiger partial charge in [-0.2, -0.15) is 0 Å². The fraction of sp³-hybridized carbons (Fsp3) is 0.0588. The minimum atomic E-state index is 1.05. The first kappa shape index (κ1) is 9.00. The van der Waals surface area contributed by atoms with E-state index in [1.807, 2.05) is 0 Å². The minimum Gasteiger partial charge on any atom is -0.0801 e. The van der Waals surface area contributed by atoms with Crippen molar-refractivity contribution < 1.29 is 0 Å². The molecule has 0 saturated carbocycles. The molecule has 0 heterocycles. The molecule has 0 fully saturated rings. The van der Waals surface area contributed by atoms with Crippen molar-refractivity contribution in [3.8, 4) is 11.1 Å². The van der Waals surface area contributed by atoms with Crippen LogP contribution >= 0.6 is 0 Å². The summed E-state index contributed by atoms with van der Waals surface area (Å²) in [5, 5.41) is 2.72. The van der Waals surface area contributed by atoms with Crippen LogP contribution in [-0.4, -0.2) is 0 Å². The van der Waals surface area contributed by atoms with Crippen molar-refractivity contribution in [2.45, 2.75) is 6.42 Å². The van der Waals surface area contributed by atoms with Crippen LogP contribution < -0.4 is 10.4 Å². The maximum Gasteiger partial charge on any atom is -0.00989 e. The summed E-state index contributed by atoms with van der Waals surface area (Å²) in [5.41, 5.74) is 5.44. The van der Waals surface area contributed by atoms with Crippen LogP contribution in [0.1, 0.15) is 17.5 Å². The zero-order chi connectivity index (χ0) is 11.2. The van der Waals surface area contributed by atoms with E-state index in [0.29, 0.717) is 0 Å². The van der Waals surface area contributed by atoms with Gasteiger partial charge in [-0.05, 0) is 57.3 Å². The van der Waals surface area contributed by atoms with Gasteiger partial charge in [0.1, 0.15) is 0 Å². The van der Waals surface area contributed by atoms with Crippen molar-refractivity contribution in [3.63, 3.8) is 0 Å². The summed E-state index contributed by atoms with van der Waals surface area (Å²) < 4.78 is 0. The van der Waals surface area contributed by atoms with Gasteiger partial charge in [-0.1, -0.05) is 42.5 Å². The van der Waals surface area contributed by atoms with E-state index < -0.39 is 0 Å². The second-order valence-corrected chi connectivity index (χ2v) is 4.64. The van der Waals surface area contributed by atoms with E-state index >= 15 is 0 Å². The monoisotopic (exact) mass is 216 g/mol. The fourth-order valence-electron chi connectivity index (χ4n) is 2.75. The van der Waals surface area contributed by atoms with E-state index in [1.54, 1.807) is 0 Å². The molecular weight excluding hydrogens is 204 g/mol. The number of hydrogen-bond acceptors (Lipinski definition) is 0. The summed E-state index contributed by atoms with van der Waals surface area (Å²) in [7, 11) is 0. The molecule has 4 rings (SSSR count). The van der Waals surface area contributed by atoms with Crippen molar-refractivity contribution in [1.82, 2.24) is 0 Å². The maximum atomic E-state index is 2.33. The summed E-state index contributed by atoms with van der Waals surface area (Å²) in [6.45, 7) is 0. The molecule has 0 spiro atoms. The molecule has 80 valence electrons. The molecule has 0 heteroatoms. The van der Waals surface area contributed by atoms with Gasteiger partial charge in [0.05, 0.1) is 0 Å². The van der Waals surface area contributed by atoms with Gasteiger partial charge < -0.3 is 0 Å². The van der Waals surface area contributed by atoms with Crippen LogP contribution in [0.2, 0.25) is 0 Å². The number of fused-ring (bicyclic) bond motifs is 4. The molecule has 0 saturated heterocycles. The molecule has 2 aromatic rings. The highest BCUT2D eigenvalue weighted by molar-refractivity contribution is 5.83. The molecule has 17 heavy (non-hydrogen) atoms. The molecule has 2 aliphatic rings.